The third-order valence-corrected chi connectivity index (χ3v) is 4.80. The minimum atomic E-state index is -3.06. The molecule has 0 aliphatic carbocycles. The van der Waals surface area contributed by atoms with Crippen LogP contribution in [0, 0.1) is 11.8 Å². The molecule has 1 fully saturated rings. The van der Waals surface area contributed by atoms with E-state index in [0.29, 0.717) is 19.6 Å². The standard InChI is InChI=1S/C15H21N3O2S/c1-21(19,20)18-11-9-17(10-12-18)13-15-6-4-14(5-7-15)3-2-8-16/h4-7H,8-13,16H2,1H3. The van der Waals surface area contributed by atoms with E-state index in [4.69, 9.17) is 5.73 Å². The normalized spacial score (nSPS) is 17.2. The van der Waals surface area contributed by atoms with Crippen molar-refractivity contribution in [3.63, 3.8) is 0 Å². The molecule has 1 heterocycles. The van der Waals surface area contributed by atoms with Crippen LogP contribution in [0.1, 0.15) is 11.1 Å². The zero-order valence-electron chi connectivity index (χ0n) is 12.2. The van der Waals surface area contributed by atoms with Crippen molar-refractivity contribution in [1.29, 1.82) is 0 Å². The first-order valence-corrected chi connectivity index (χ1v) is 8.79. The quantitative estimate of drug-likeness (QED) is 0.803. The van der Waals surface area contributed by atoms with Crippen molar-refractivity contribution in [2.24, 2.45) is 5.73 Å². The molecule has 0 atom stereocenters. The molecule has 1 saturated heterocycles. The fraction of sp³-hybridized carbons (Fsp3) is 0.467. The number of sulfonamides is 1. The Morgan fingerprint density at radius 3 is 2.29 bits per heavy atom. The molecule has 5 nitrogen and oxygen atoms in total. The van der Waals surface area contributed by atoms with Gasteiger partial charge in [0.1, 0.15) is 0 Å². The van der Waals surface area contributed by atoms with E-state index in [1.54, 1.807) is 0 Å². The molecule has 0 spiro atoms. The van der Waals surface area contributed by atoms with Gasteiger partial charge in [-0.15, -0.1) is 0 Å². The van der Waals surface area contributed by atoms with Crippen molar-refractivity contribution in [2.75, 3.05) is 39.0 Å². The average Bonchev–Trinajstić information content (AvgIpc) is 2.46. The third kappa shape index (κ3) is 4.83. The predicted molar refractivity (Wildman–Crippen MR) is 84.1 cm³/mol. The highest BCUT2D eigenvalue weighted by Crippen LogP contribution is 2.11. The fourth-order valence-corrected chi connectivity index (χ4v) is 3.15. The van der Waals surface area contributed by atoms with Crippen LogP contribution in [0.2, 0.25) is 0 Å². The highest BCUT2D eigenvalue weighted by molar-refractivity contribution is 7.88. The smallest absolute Gasteiger partial charge is 0.211 e. The summed E-state index contributed by atoms with van der Waals surface area (Å²) < 4.78 is 24.5. The van der Waals surface area contributed by atoms with E-state index in [-0.39, 0.29) is 0 Å². The third-order valence-electron chi connectivity index (χ3n) is 3.50. The second-order valence-electron chi connectivity index (χ2n) is 5.14. The molecule has 1 aromatic carbocycles. The van der Waals surface area contributed by atoms with Gasteiger partial charge < -0.3 is 5.73 Å². The Morgan fingerprint density at radius 2 is 1.76 bits per heavy atom. The van der Waals surface area contributed by atoms with Gasteiger partial charge in [0.05, 0.1) is 12.8 Å². The van der Waals surface area contributed by atoms with E-state index in [0.717, 1.165) is 25.2 Å². The van der Waals surface area contributed by atoms with Crippen LogP contribution >= 0.6 is 0 Å². The van der Waals surface area contributed by atoms with Gasteiger partial charge in [-0.2, -0.15) is 4.31 Å². The number of rotatable bonds is 3. The number of piperazine rings is 1. The van der Waals surface area contributed by atoms with Crippen LogP contribution in [0.25, 0.3) is 0 Å². The van der Waals surface area contributed by atoms with Gasteiger partial charge in [-0.1, -0.05) is 24.0 Å². The van der Waals surface area contributed by atoms with Gasteiger partial charge in [-0.3, -0.25) is 4.90 Å². The van der Waals surface area contributed by atoms with Crippen LogP contribution in [0.3, 0.4) is 0 Å². The summed E-state index contributed by atoms with van der Waals surface area (Å²) in [5.74, 6) is 5.82. The van der Waals surface area contributed by atoms with Crippen LogP contribution < -0.4 is 5.73 Å². The summed E-state index contributed by atoms with van der Waals surface area (Å²) in [6.07, 6.45) is 1.27. The van der Waals surface area contributed by atoms with Crippen LogP contribution in [-0.2, 0) is 16.6 Å². The topological polar surface area (TPSA) is 66.6 Å². The fourth-order valence-electron chi connectivity index (χ4n) is 2.32. The average molecular weight is 307 g/mol. The van der Waals surface area contributed by atoms with Crippen molar-refractivity contribution in [3.8, 4) is 11.8 Å². The molecule has 0 aromatic heterocycles. The largest absolute Gasteiger partial charge is 0.320 e. The van der Waals surface area contributed by atoms with Gasteiger partial charge in [0.25, 0.3) is 0 Å². The maximum absolute atomic E-state index is 11.5. The van der Waals surface area contributed by atoms with E-state index in [2.05, 4.69) is 28.9 Å². The van der Waals surface area contributed by atoms with Gasteiger partial charge in [0.15, 0.2) is 0 Å². The zero-order chi connectivity index (χ0) is 15.3. The lowest BCUT2D eigenvalue weighted by Gasteiger charge is -2.33. The van der Waals surface area contributed by atoms with E-state index in [1.807, 2.05) is 12.1 Å². The summed E-state index contributed by atoms with van der Waals surface area (Å²) in [7, 11) is -3.06. The summed E-state index contributed by atoms with van der Waals surface area (Å²) in [5.41, 5.74) is 7.52. The Morgan fingerprint density at radius 1 is 1.14 bits per heavy atom. The van der Waals surface area contributed by atoms with Crippen molar-refractivity contribution in [2.45, 2.75) is 6.54 Å². The number of benzene rings is 1. The number of nitrogens with two attached hydrogens (primary N) is 1. The molecule has 114 valence electrons. The summed E-state index contributed by atoms with van der Waals surface area (Å²) in [5, 5.41) is 0. The molecule has 0 unspecified atom stereocenters. The highest BCUT2D eigenvalue weighted by Gasteiger charge is 2.23. The minimum Gasteiger partial charge on any atom is -0.320 e. The molecule has 1 aliphatic heterocycles. The summed E-state index contributed by atoms with van der Waals surface area (Å²) in [6, 6.07) is 8.10. The van der Waals surface area contributed by atoms with Crippen LogP contribution in [0.15, 0.2) is 24.3 Å². The van der Waals surface area contributed by atoms with Crippen molar-refractivity contribution < 1.29 is 8.42 Å². The van der Waals surface area contributed by atoms with Crippen molar-refractivity contribution >= 4 is 10.0 Å². The molecule has 2 N–H and O–H groups in total. The molecule has 0 radical (unpaired) electrons. The molecule has 21 heavy (non-hydrogen) atoms. The maximum Gasteiger partial charge on any atom is 0.211 e. The lowest BCUT2D eigenvalue weighted by atomic mass is 10.1. The van der Waals surface area contributed by atoms with Crippen molar-refractivity contribution in [3.05, 3.63) is 35.4 Å². The SMILES string of the molecule is CS(=O)(=O)N1CCN(Cc2ccc(C#CCN)cc2)CC1. The van der Waals surface area contributed by atoms with Gasteiger partial charge >= 0.3 is 0 Å². The van der Waals surface area contributed by atoms with Gasteiger partial charge in [-0.25, -0.2) is 8.42 Å². The van der Waals surface area contributed by atoms with Gasteiger partial charge in [0.2, 0.25) is 10.0 Å². The highest BCUT2D eigenvalue weighted by atomic mass is 32.2. The molecular formula is C15H21N3O2S. The molecule has 1 aromatic rings. The first-order chi connectivity index (χ1) is 9.99. The first-order valence-electron chi connectivity index (χ1n) is 6.94. The summed E-state index contributed by atoms with van der Waals surface area (Å²) in [6.45, 7) is 3.87. The number of hydrogen-bond donors (Lipinski definition) is 1. The molecule has 1 aliphatic rings. The Bertz CT molecular complexity index is 621. The Kier molecular flexibility index (Phi) is 5.37. The molecule has 0 amide bonds. The molecule has 0 saturated carbocycles. The van der Waals surface area contributed by atoms with E-state index in [1.165, 1.54) is 16.1 Å². The number of nitrogens with zero attached hydrogens (tertiary/aromatic N) is 2. The minimum absolute atomic E-state index is 0.367. The Labute approximate surface area is 126 Å². The lowest BCUT2D eigenvalue weighted by Crippen LogP contribution is -2.47. The van der Waals surface area contributed by atoms with Gasteiger partial charge in [-0.05, 0) is 17.7 Å². The Balaban J connectivity index is 1.89. The van der Waals surface area contributed by atoms with Crippen LogP contribution in [-0.4, -0.2) is 56.6 Å². The van der Waals surface area contributed by atoms with E-state index < -0.39 is 10.0 Å². The van der Waals surface area contributed by atoms with Gasteiger partial charge in [0, 0.05) is 38.3 Å². The monoisotopic (exact) mass is 307 g/mol. The second-order valence-corrected chi connectivity index (χ2v) is 7.12. The predicted octanol–water partition coefficient (Wildman–Crippen LogP) is 0.0740. The zero-order valence-corrected chi connectivity index (χ0v) is 13.1. The van der Waals surface area contributed by atoms with Crippen molar-refractivity contribution in [1.82, 2.24) is 9.21 Å². The van der Waals surface area contributed by atoms with Crippen LogP contribution in [0.5, 0.6) is 0 Å². The lowest BCUT2D eigenvalue weighted by molar-refractivity contribution is 0.182. The summed E-state index contributed by atoms with van der Waals surface area (Å²) in [4.78, 5) is 2.27. The molecular weight excluding hydrogens is 286 g/mol. The molecule has 2 rings (SSSR count). The Hall–Kier alpha value is -1.39. The summed E-state index contributed by atoms with van der Waals surface area (Å²) >= 11 is 0. The first kappa shape index (κ1) is 16.0. The van der Waals surface area contributed by atoms with E-state index >= 15 is 0 Å². The second kappa shape index (κ2) is 7.05. The van der Waals surface area contributed by atoms with E-state index in [9.17, 15) is 8.42 Å². The van der Waals surface area contributed by atoms with Crippen LogP contribution in [0.4, 0.5) is 0 Å². The maximum atomic E-state index is 11.5. The number of hydrogen-bond acceptors (Lipinski definition) is 4. The molecule has 0 bridgehead atoms. The molecule has 6 heteroatoms.